The molecule has 0 fully saturated rings. The fraction of sp³-hybridized carbons (Fsp3) is 0.364. The molecule has 2 rings (SSSR count). The summed E-state index contributed by atoms with van der Waals surface area (Å²) in [7, 11) is 0. The van der Waals surface area contributed by atoms with Gasteiger partial charge in [-0.3, -0.25) is 9.80 Å². The number of nitrogens with two attached hydrogens (primary N) is 1. The van der Waals surface area contributed by atoms with E-state index < -0.39 is 0 Å². The number of nitrogens with zero attached hydrogens (tertiary/aromatic N) is 1. The van der Waals surface area contributed by atoms with Crippen LogP contribution in [0.1, 0.15) is 30.4 Å². The average Bonchev–Trinajstić information content (AvgIpc) is 2.59. The van der Waals surface area contributed by atoms with E-state index in [4.69, 9.17) is 5.84 Å². The van der Waals surface area contributed by atoms with Gasteiger partial charge in [0.1, 0.15) is 0 Å². The summed E-state index contributed by atoms with van der Waals surface area (Å²) in [6, 6.07) is 5.98. The molecule has 74 valence electrons. The largest absolute Gasteiger partial charge is 0.277 e. The van der Waals surface area contributed by atoms with Crippen LogP contribution in [0.4, 0.5) is 5.69 Å². The summed E-state index contributed by atoms with van der Waals surface area (Å²) in [6.07, 6.45) is 2.97. The fourth-order valence-electron chi connectivity index (χ4n) is 2.02. The minimum absolute atomic E-state index is 0.588. The normalized spacial score (nSPS) is 19.1. The lowest BCUT2D eigenvalue weighted by Crippen LogP contribution is -2.28. The van der Waals surface area contributed by atoms with Crippen molar-refractivity contribution in [3.05, 3.63) is 29.3 Å². The number of anilines is 1. The lowest BCUT2D eigenvalue weighted by atomic mass is 10.0. The highest BCUT2D eigenvalue weighted by Gasteiger charge is 2.19. The first-order chi connectivity index (χ1) is 6.72. The number of rotatable bonds is 2. The third-order valence-corrected chi connectivity index (χ3v) is 2.92. The number of benzene rings is 1. The van der Waals surface area contributed by atoms with E-state index in [2.05, 4.69) is 13.0 Å². The standard InChI is InChI=1S/C11H14N2O/c1-8-2-3-9-4-5-10(6-11(8)9)13(12)7-14/h4-8H,2-3,12H2,1H3. The monoisotopic (exact) mass is 190 g/mol. The van der Waals surface area contributed by atoms with Gasteiger partial charge in [-0.1, -0.05) is 13.0 Å². The van der Waals surface area contributed by atoms with Gasteiger partial charge in [-0.15, -0.1) is 0 Å². The molecular formula is C11H14N2O. The highest BCUT2D eigenvalue weighted by molar-refractivity contribution is 5.74. The van der Waals surface area contributed by atoms with Crippen LogP contribution in [-0.4, -0.2) is 6.41 Å². The van der Waals surface area contributed by atoms with E-state index in [0.29, 0.717) is 12.3 Å². The number of fused-ring (bicyclic) bond motifs is 1. The summed E-state index contributed by atoms with van der Waals surface area (Å²) in [4.78, 5) is 10.5. The molecule has 1 amide bonds. The Kier molecular flexibility index (Phi) is 2.25. The zero-order valence-electron chi connectivity index (χ0n) is 8.23. The van der Waals surface area contributed by atoms with Crippen LogP contribution in [0.15, 0.2) is 18.2 Å². The van der Waals surface area contributed by atoms with Gasteiger partial charge in [0, 0.05) is 0 Å². The predicted octanol–water partition coefficient (Wildman–Crippen LogP) is 1.57. The molecule has 0 saturated carbocycles. The van der Waals surface area contributed by atoms with Gasteiger partial charge in [0.2, 0.25) is 6.41 Å². The highest BCUT2D eigenvalue weighted by Crippen LogP contribution is 2.34. The van der Waals surface area contributed by atoms with Crippen molar-refractivity contribution in [1.82, 2.24) is 0 Å². The van der Waals surface area contributed by atoms with Gasteiger partial charge in [-0.05, 0) is 42.0 Å². The third-order valence-electron chi connectivity index (χ3n) is 2.92. The molecule has 1 unspecified atom stereocenters. The van der Waals surface area contributed by atoms with Crippen LogP contribution < -0.4 is 10.9 Å². The van der Waals surface area contributed by atoms with Crippen molar-refractivity contribution < 1.29 is 4.79 Å². The lowest BCUT2D eigenvalue weighted by Gasteiger charge is -2.13. The minimum Gasteiger partial charge on any atom is -0.277 e. The first-order valence-electron chi connectivity index (χ1n) is 4.84. The van der Waals surface area contributed by atoms with Crippen molar-refractivity contribution in [2.45, 2.75) is 25.7 Å². The number of carbonyl (C=O) groups excluding carboxylic acids is 1. The van der Waals surface area contributed by atoms with Crippen molar-refractivity contribution in [2.75, 3.05) is 5.01 Å². The molecule has 0 bridgehead atoms. The molecule has 1 atom stereocenters. The summed E-state index contributed by atoms with van der Waals surface area (Å²) >= 11 is 0. The molecule has 0 heterocycles. The Bertz CT molecular complexity index is 362. The lowest BCUT2D eigenvalue weighted by molar-refractivity contribution is -0.107. The van der Waals surface area contributed by atoms with Crippen LogP contribution in [-0.2, 0) is 11.2 Å². The molecule has 0 spiro atoms. The van der Waals surface area contributed by atoms with Crippen LogP contribution in [0.25, 0.3) is 0 Å². The van der Waals surface area contributed by atoms with Gasteiger partial charge < -0.3 is 0 Å². The second kappa shape index (κ2) is 3.42. The van der Waals surface area contributed by atoms with E-state index in [0.717, 1.165) is 17.1 Å². The first-order valence-corrected chi connectivity index (χ1v) is 4.84. The molecule has 0 saturated heterocycles. The van der Waals surface area contributed by atoms with Crippen molar-refractivity contribution in [2.24, 2.45) is 5.84 Å². The van der Waals surface area contributed by atoms with Gasteiger partial charge in [0.25, 0.3) is 0 Å². The van der Waals surface area contributed by atoms with Crippen molar-refractivity contribution in [3.8, 4) is 0 Å². The predicted molar refractivity (Wildman–Crippen MR) is 55.9 cm³/mol. The Morgan fingerprint density at radius 2 is 2.36 bits per heavy atom. The van der Waals surface area contributed by atoms with E-state index in [1.165, 1.54) is 17.5 Å². The molecule has 2 N–H and O–H groups in total. The van der Waals surface area contributed by atoms with E-state index in [9.17, 15) is 4.79 Å². The van der Waals surface area contributed by atoms with Gasteiger partial charge in [-0.25, -0.2) is 5.84 Å². The average molecular weight is 190 g/mol. The number of hydrazine groups is 1. The van der Waals surface area contributed by atoms with E-state index in [-0.39, 0.29) is 0 Å². The van der Waals surface area contributed by atoms with Gasteiger partial charge in [0.05, 0.1) is 5.69 Å². The maximum Gasteiger partial charge on any atom is 0.228 e. The molecule has 0 aromatic heterocycles. The molecule has 14 heavy (non-hydrogen) atoms. The molecule has 0 radical (unpaired) electrons. The second-order valence-corrected chi connectivity index (χ2v) is 3.84. The summed E-state index contributed by atoms with van der Waals surface area (Å²) < 4.78 is 0. The second-order valence-electron chi connectivity index (χ2n) is 3.84. The number of hydrogen-bond donors (Lipinski definition) is 1. The molecule has 1 aliphatic rings. The summed E-state index contributed by atoms with van der Waals surface area (Å²) in [5.74, 6) is 6.09. The van der Waals surface area contributed by atoms with E-state index in [1.807, 2.05) is 12.1 Å². The molecule has 1 aliphatic carbocycles. The van der Waals surface area contributed by atoms with Crippen LogP contribution in [0.3, 0.4) is 0 Å². The number of hydrogen-bond acceptors (Lipinski definition) is 2. The smallest absolute Gasteiger partial charge is 0.228 e. The molecular weight excluding hydrogens is 176 g/mol. The number of amides is 1. The van der Waals surface area contributed by atoms with Gasteiger partial charge >= 0.3 is 0 Å². The van der Waals surface area contributed by atoms with Gasteiger partial charge in [-0.2, -0.15) is 0 Å². The summed E-state index contributed by atoms with van der Waals surface area (Å²) in [6.45, 7) is 2.21. The molecule has 1 aromatic carbocycles. The SMILES string of the molecule is CC1CCc2ccc(N(N)C=O)cc21. The summed E-state index contributed by atoms with van der Waals surface area (Å²) in [5, 5.41) is 1.12. The van der Waals surface area contributed by atoms with Crippen LogP contribution in [0.2, 0.25) is 0 Å². The third kappa shape index (κ3) is 1.40. The minimum atomic E-state index is 0.588. The maximum absolute atomic E-state index is 10.5. The highest BCUT2D eigenvalue weighted by atomic mass is 16.1. The topological polar surface area (TPSA) is 46.3 Å². The Balaban J connectivity index is 2.39. The van der Waals surface area contributed by atoms with Crippen LogP contribution in [0, 0.1) is 0 Å². The maximum atomic E-state index is 10.5. The van der Waals surface area contributed by atoms with Crippen LogP contribution in [0.5, 0.6) is 0 Å². The summed E-state index contributed by atoms with van der Waals surface area (Å²) in [5.41, 5.74) is 3.49. The Hall–Kier alpha value is -1.35. The number of aryl methyl sites for hydroxylation is 1. The Morgan fingerprint density at radius 3 is 3.07 bits per heavy atom. The molecule has 3 nitrogen and oxygen atoms in total. The molecule has 0 aliphatic heterocycles. The quantitative estimate of drug-likeness (QED) is 0.333. The van der Waals surface area contributed by atoms with Crippen LogP contribution >= 0.6 is 0 Å². The van der Waals surface area contributed by atoms with E-state index >= 15 is 0 Å². The first kappa shape index (κ1) is 9.21. The van der Waals surface area contributed by atoms with Crippen molar-refractivity contribution in [1.29, 1.82) is 0 Å². The molecule has 1 aromatic rings. The van der Waals surface area contributed by atoms with E-state index in [1.54, 1.807) is 0 Å². The Labute approximate surface area is 83.5 Å². The molecule has 3 heteroatoms. The van der Waals surface area contributed by atoms with Crippen molar-refractivity contribution >= 4 is 12.1 Å². The fourth-order valence-corrected chi connectivity index (χ4v) is 2.02. The number of carbonyl (C=O) groups is 1. The van der Waals surface area contributed by atoms with Crippen molar-refractivity contribution in [3.63, 3.8) is 0 Å². The zero-order chi connectivity index (χ0) is 10.1. The zero-order valence-corrected chi connectivity index (χ0v) is 8.23. The Morgan fingerprint density at radius 1 is 1.57 bits per heavy atom. The van der Waals surface area contributed by atoms with Gasteiger partial charge in [0.15, 0.2) is 0 Å².